The number of nitrogens with zero attached hydrogens (tertiary/aromatic N) is 1. The van der Waals surface area contributed by atoms with Crippen LogP contribution in [-0.2, 0) is 0 Å². The fraction of sp³-hybridized carbons (Fsp3) is 0.0952. The van der Waals surface area contributed by atoms with E-state index in [1.165, 1.54) is 11.1 Å². The number of nitrogens with two attached hydrogens (primary N) is 1. The molecular formula is C21H20N2OS. The third-order valence-electron chi connectivity index (χ3n) is 3.74. The average Bonchev–Trinajstić information content (AvgIpc) is 2.67. The number of methoxy groups -OCH3 is 1. The molecule has 126 valence electrons. The van der Waals surface area contributed by atoms with Crippen molar-refractivity contribution in [2.24, 2.45) is 10.7 Å². The first-order valence-corrected chi connectivity index (χ1v) is 8.89. The van der Waals surface area contributed by atoms with Crippen LogP contribution in [0.2, 0.25) is 0 Å². The van der Waals surface area contributed by atoms with Gasteiger partial charge >= 0.3 is 0 Å². The zero-order chi connectivity index (χ0) is 17.5. The van der Waals surface area contributed by atoms with Gasteiger partial charge in [-0.25, -0.2) is 4.99 Å². The van der Waals surface area contributed by atoms with Crippen LogP contribution in [0.5, 0.6) is 5.75 Å². The minimum atomic E-state index is 0.0942. The van der Waals surface area contributed by atoms with Gasteiger partial charge in [-0.15, -0.1) is 0 Å². The number of thioether (sulfide) groups is 1. The fourth-order valence-electron chi connectivity index (χ4n) is 2.54. The maximum Gasteiger partial charge on any atom is 0.160 e. The summed E-state index contributed by atoms with van der Waals surface area (Å²) in [6.45, 7) is 0. The lowest BCUT2D eigenvalue weighted by Crippen LogP contribution is -2.10. The van der Waals surface area contributed by atoms with E-state index in [0.717, 1.165) is 11.4 Å². The van der Waals surface area contributed by atoms with E-state index in [1.807, 2.05) is 60.7 Å². The fourth-order valence-corrected chi connectivity index (χ4v) is 3.52. The second-order valence-electron chi connectivity index (χ2n) is 5.47. The summed E-state index contributed by atoms with van der Waals surface area (Å²) in [6.07, 6.45) is 0. The van der Waals surface area contributed by atoms with Crippen LogP contribution in [0.3, 0.4) is 0 Å². The minimum absolute atomic E-state index is 0.0942. The molecule has 0 aromatic heterocycles. The van der Waals surface area contributed by atoms with Crippen LogP contribution >= 0.6 is 11.8 Å². The first kappa shape index (κ1) is 17.1. The Bertz CT molecular complexity index is 795. The number of amidine groups is 1. The normalized spacial score (nSPS) is 11.5. The van der Waals surface area contributed by atoms with E-state index in [-0.39, 0.29) is 5.25 Å². The van der Waals surface area contributed by atoms with Crippen LogP contribution in [0, 0.1) is 0 Å². The predicted octanol–water partition coefficient (Wildman–Crippen LogP) is 5.16. The summed E-state index contributed by atoms with van der Waals surface area (Å²) in [7, 11) is 1.64. The number of aliphatic imine (C=N–C) groups is 1. The van der Waals surface area contributed by atoms with Crippen molar-refractivity contribution in [2.45, 2.75) is 5.25 Å². The van der Waals surface area contributed by atoms with Gasteiger partial charge in [0.1, 0.15) is 5.75 Å². The molecule has 3 aromatic carbocycles. The summed E-state index contributed by atoms with van der Waals surface area (Å²) < 4.78 is 5.24. The molecule has 0 saturated carbocycles. The molecule has 0 bridgehead atoms. The quantitative estimate of drug-likeness (QED) is 0.511. The molecule has 4 heteroatoms. The first-order valence-electron chi connectivity index (χ1n) is 8.01. The van der Waals surface area contributed by atoms with Gasteiger partial charge in [0.2, 0.25) is 0 Å². The molecule has 0 radical (unpaired) electrons. The van der Waals surface area contributed by atoms with Gasteiger partial charge in [0.05, 0.1) is 18.0 Å². The molecule has 0 saturated heterocycles. The molecule has 25 heavy (non-hydrogen) atoms. The van der Waals surface area contributed by atoms with Gasteiger partial charge in [-0.05, 0) is 23.3 Å². The standard InChI is InChI=1S/C21H20N2OS/c1-24-19-14-8-13-18(15-19)23-21(22)25-20(16-9-4-2-5-10-16)17-11-6-3-7-12-17/h2-15,20H,1H3,(H2,22,23). The Balaban J connectivity index is 1.88. The summed E-state index contributed by atoms with van der Waals surface area (Å²) in [5.74, 6) is 0.765. The van der Waals surface area contributed by atoms with Gasteiger partial charge in [-0.2, -0.15) is 0 Å². The molecule has 0 atom stereocenters. The monoisotopic (exact) mass is 348 g/mol. The summed E-state index contributed by atoms with van der Waals surface area (Å²) in [5, 5.41) is 0.614. The second-order valence-corrected chi connectivity index (χ2v) is 6.60. The molecule has 3 nitrogen and oxygen atoms in total. The van der Waals surface area contributed by atoms with Gasteiger partial charge in [-0.1, -0.05) is 78.5 Å². The number of benzene rings is 3. The zero-order valence-electron chi connectivity index (χ0n) is 14.0. The maximum atomic E-state index is 6.24. The molecule has 0 aliphatic carbocycles. The summed E-state index contributed by atoms with van der Waals surface area (Å²) in [6, 6.07) is 28.2. The van der Waals surface area contributed by atoms with Crippen LogP contribution in [0.1, 0.15) is 16.4 Å². The van der Waals surface area contributed by atoms with Crippen molar-refractivity contribution < 1.29 is 4.74 Å². The Morgan fingerprint density at radius 3 is 2.04 bits per heavy atom. The smallest absolute Gasteiger partial charge is 0.160 e. The van der Waals surface area contributed by atoms with Crippen molar-refractivity contribution in [1.29, 1.82) is 0 Å². The third-order valence-corrected chi connectivity index (χ3v) is 4.85. The van der Waals surface area contributed by atoms with Crippen LogP contribution < -0.4 is 10.5 Å². The van der Waals surface area contributed by atoms with Gasteiger partial charge in [0, 0.05) is 6.07 Å². The summed E-state index contributed by atoms with van der Waals surface area (Å²) in [5.41, 5.74) is 9.42. The Kier molecular flexibility index (Phi) is 5.75. The van der Waals surface area contributed by atoms with Gasteiger partial charge < -0.3 is 10.5 Å². The molecule has 0 spiro atoms. The molecule has 0 unspecified atom stereocenters. The predicted molar refractivity (Wildman–Crippen MR) is 107 cm³/mol. The Hall–Kier alpha value is -2.72. The SMILES string of the molecule is COc1cccc(N=C(N)SC(c2ccccc2)c2ccccc2)c1. The number of rotatable bonds is 5. The van der Waals surface area contributed by atoms with E-state index >= 15 is 0 Å². The lowest BCUT2D eigenvalue weighted by atomic mass is 10.0. The highest BCUT2D eigenvalue weighted by Gasteiger charge is 2.16. The Morgan fingerprint density at radius 2 is 1.48 bits per heavy atom. The van der Waals surface area contributed by atoms with Crippen LogP contribution in [0.15, 0.2) is 89.9 Å². The Morgan fingerprint density at radius 1 is 0.880 bits per heavy atom. The highest BCUT2D eigenvalue weighted by Crippen LogP contribution is 2.36. The van der Waals surface area contributed by atoms with E-state index in [1.54, 1.807) is 18.9 Å². The first-order chi connectivity index (χ1) is 12.3. The van der Waals surface area contributed by atoms with Crippen LogP contribution in [-0.4, -0.2) is 12.3 Å². The minimum Gasteiger partial charge on any atom is -0.497 e. The van der Waals surface area contributed by atoms with Gasteiger partial charge in [0.25, 0.3) is 0 Å². The molecule has 0 aliphatic heterocycles. The van der Waals surface area contributed by atoms with E-state index < -0.39 is 0 Å². The molecule has 3 rings (SSSR count). The number of hydrogen-bond acceptors (Lipinski definition) is 3. The van der Waals surface area contributed by atoms with E-state index in [4.69, 9.17) is 10.5 Å². The second kappa shape index (κ2) is 8.40. The van der Waals surface area contributed by atoms with Crippen molar-refractivity contribution in [3.05, 3.63) is 96.1 Å². The zero-order valence-corrected chi connectivity index (χ0v) is 14.8. The van der Waals surface area contributed by atoms with Crippen molar-refractivity contribution >= 4 is 22.6 Å². The molecule has 2 N–H and O–H groups in total. The highest BCUT2D eigenvalue weighted by atomic mass is 32.2. The van der Waals surface area contributed by atoms with Crippen molar-refractivity contribution in [3.63, 3.8) is 0 Å². The van der Waals surface area contributed by atoms with E-state index in [9.17, 15) is 0 Å². The number of ether oxygens (including phenoxy) is 1. The van der Waals surface area contributed by atoms with E-state index in [2.05, 4.69) is 29.3 Å². The van der Waals surface area contributed by atoms with Crippen molar-refractivity contribution in [2.75, 3.05) is 7.11 Å². The molecule has 0 amide bonds. The molecule has 3 aromatic rings. The third kappa shape index (κ3) is 4.64. The molecule has 0 fully saturated rings. The lowest BCUT2D eigenvalue weighted by molar-refractivity contribution is 0.415. The largest absolute Gasteiger partial charge is 0.497 e. The highest BCUT2D eigenvalue weighted by molar-refractivity contribution is 8.14. The van der Waals surface area contributed by atoms with Crippen LogP contribution in [0.4, 0.5) is 5.69 Å². The van der Waals surface area contributed by atoms with E-state index in [0.29, 0.717) is 5.17 Å². The summed E-state index contributed by atoms with van der Waals surface area (Å²) in [4.78, 5) is 4.54. The maximum absolute atomic E-state index is 6.24. The molecule has 0 heterocycles. The van der Waals surface area contributed by atoms with Crippen LogP contribution in [0.25, 0.3) is 0 Å². The molecular weight excluding hydrogens is 328 g/mol. The Labute approximate surface area is 152 Å². The number of hydrogen-bond donors (Lipinski definition) is 1. The summed E-state index contributed by atoms with van der Waals surface area (Å²) >= 11 is 1.55. The van der Waals surface area contributed by atoms with Crippen molar-refractivity contribution in [3.8, 4) is 5.75 Å². The average molecular weight is 348 g/mol. The topological polar surface area (TPSA) is 47.6 Å². The van der Waals surface area contributed by atoms with Crippen molar-refractivity contribution in [1.82, 2.24) is 0 Å². The lowest BCUT2D eigenvalue weighted by Gasteiger charge is -2.17. The van der Waals surface area contributed by atoms with Gasteiger partial charge in [-0.3, -0.25) is 0 Å². The van der Waals surface area contributed by atoms with Gasteiger partial charge in [0.15, 0.2) is 5.17 Å². The molecule has 0 aliphatic rings.